The number of aromatic amines is 1. The van der Waals surface area contributed by atoms with Gasteiger partial charge in [-0.2, -0.15) is 5.21 Å². The molecule has 0 aliphatic carbocycles. The van der Waals surface area contributed by atoms with Gasteiger partial charge in [0.2, 0.25) is 5.82 Å². The molecule has 96 valence electrons. The molecule has 0 spiro atoms. The van der Waals surface area contributed by atoms with Crippen LogP contribution in [0.15, 0.2) is 47.5 Å². The Morgan fingerprint density at radius 3 is 2.90 bits per heavy atom. The first-order valence-electron chi connectivity index (χ1n) is 5.97. The number of fused-ring (bicyclic) bond motifs is 3. The maximum atomic E-state index is 12.5. The van der Waals surface area contributed by atoms with Crippen LogP contribution in [0.4, 0.5) is 0 Å². The molecule has 7 nitrogen and oxygen atoms in total. The average molecular weight is 264 g/mol. The maximum Gasteiger partial charge on any atom is 0.269 e. The molecule has 3 aromatic heterocycles. The summed E-state index contributed by atoms with van der Waals surface area (Å²) in [5, 5.41) is 15.4. The lowest BCUT2D eigenvalue weighted by atomic mass is 10.1. The minimum Gasteiger partial charge on any atom is -0.268 e. The largest absolute Gasteiger partial charge is 0.269 e. The van der Waals surface area contributed by atoms with Crippen LogP contribution in [0.1, 0.15) is 0 Å². The van der Waals surface area contributed by atoms with Crippen LogP contribution in [-0.4, -0.2) is 30.0 Å². The van der Waals surface area contributed by atoms with E-state index in [1.807, 2.05) is 30.3 Å². The molecule has 0 saturated heterocycles. The topological polar surface area (TPSA) is 88.8 Å². The second-order valence-electron chi connectivity index (χ2n) is 4.31. The highest BCUT2D eigenvalue weighted by molar-refractivity contribution is 5.93. The molecule has 0 radical (unpaired) electrons. The lowest BCUT2D eigenvalue weighted by Gasteiger charge is -2.05. The number of aromatic nitrogens is 6. The van der Waals surface area contributed by atoms with Crippen LogP contribution in [0.5, 0.6) is 0 Å². The van der Waals surface area contributed by atoms with E-state index in [2.05, 4.69) is 25.6 Å². The lowest BCUT2D eigenvalue weighted by molar-refractivity contribution is 0.881. The number of hydrogen-bond acceptors (Lipinski definition) is 5. The summed E-state index contributed by atoms with van der Waals surface area (Å²) in [6, 6.07) is 9.66. The Hall–Kier alpha value is -3.09. The summed E-state index contributed by atoms with van der Waals surface area (Å²) in [4.78, 5) is 16.8. The van der Waals surface area contributed by atoms with Crippen molar-refractivity contribution in [3.05, 3.63) is 53.1 Å². The normalized spacial score (nSPS) is 11.2. The summed E-state index contributed by atoms with van der Waals surface area (Å²) in [6.45, 7) is 0. The van der Waals surface area contributed by atoms with Gasteiger partial charge in [0.1, 0.15) is 11.2 Å². The first-order chi connectivity index (χ1) is 9.84. The molecule has 20 heavy (non-hydrogen) atoms. The van der Waals surface area contributed by atoms with Gasteiger partial charge >= 0.3 is 0 Å². The molecule has 1 aromatic carbocycles. The van der Waals surface area contributed by atoms with E-state index in [4.69, 9.17) is 0 Å². The highest BCUT2D eigenvalue weighted by atomic mass is 16.1. The summed E-state index contributed by atoms with van der Waals surface area (Å²) < 4.78 is 1.49. The van der Waals surface area contributed by atoms with Crippen molar-refractivity contribution in [3.63, 3.8) is 0 Å². The van der Waals surface area contributed by atoms with Crippen LogP contribution in [0.25, 0.3) is 27.8 Å². The van der Waals surface area contributed by atoms with Crippen molar-refractivity contribution in [2.75, 3.05) is 0 Å². The van der Waals surface area contributed by atoms with E-state index in [0.29, 0.717) is 11.2 Å². The fraction of sp³-hybridized carbons (Fsp3) is 0. The van der Waals surface area contributed by atoms with Gasteiger partial charge in [-0.1, -0.05) is 24.3 Å². The molecule has 0 unspecified atom stereocenters. The van der Waals surface area contributed by atoms with Crippen molar-refractivity contribution in [2.45, 2.75) is 0 Å². The molecule has 7 heteroatoms. The highest BCUT2D eigenvalue weighted by Crippen LogP contribution is 2.18. The summed E-state index contributed by atoms with van der Waals surface area (Å²) >= 11 is 0. The molecule has 0 fully saturated rings. The van der Waals surface area contributed by atoms with Gasteiger partial charge in [0.25, 0.3) is 5.56 Å². The van der Waals surface area contributed by atoms with E-state index in [-0.39, 0.29) is 11.4 Å². The van der Waals surface area contributed by atoms with Crippen molar-refractivity contribution >= 4 is 16.4 Å². The maximum absolute atomic E-state index is 12.5. The van der Waals surface area contributed by atoms with Crippen LogP contribution in [0.2, 0.25) is 0 Å². The van der Waals surface area contributed by atoms with E-state index in [1.54, 1.807) is 6.20 Å². The quantitative estimate of drug-likeness (QED) is 0.519. The Bertz CT molecular complexity index is 973. The van der Waals surface area contributed by atoms with Gasteiger partial charge in [-0.25, -0.2) is 4.98 Å². The minimum absolute atomic E-state index is 0.220. The summed E-state index contributed by atoms with van der Waals surface area (Å²) in [7, 11) is 0. The van der Waals surface area contributed by atoms with Crippen molar-refractivity contribution in [3.8, 4) is 11.4 Å². The summed E-state index contributed by atoms with van der Waals surface area (Å²) in [6.07, 6.45) is 3.19. The van der Waals surface area contributed by atoms with Gasteiger partial charge in [0.15, 0.2) is 0 Å². The average Bonchev–Trinajstić information content (AvgIpc) is 3.01. The first kappa shape index (κ1) is 10.8. The Balaban J connectivity index is 2.13. The zero-order valence-corrected chi connectivity index (χ0v) is 10.2. The second-order valence-corrected chi connectivity index (χ2v) is 4.31. The van der Waals surface area contributed by atoms with Crippen molar-refractivity contribution in [1.82, 2.24) is 30.0 Å². The van der Waals surface area contributed by atoms with E-state index >= 15 is 0 Å². The molecule has 1 N–H and O–H groups in total. The van der Waals surface area contributed by atoms with Crippen molar-refractivity contribution in [2.24, 2.45) is 0 Å². The molecular formula is C13H8N6O. The minimum atomic E-state index is -0.220. The number of pyridine rings is 1. The molecule has 0 amide bonds. The Morgan fingerprint density at radius 2 is 2.05 bits per heavy atom. The molecule has 3 heterocycles. The van der Waals surface area contributed by atoms with Gasteiger partial charge in [-0.05, 0) is 16.7 Å². The third kappa shape index (κ3) is 1.43. The Labute approximate surface area is 111 Å². The third-order valence-corrected chi connectivity index (χ3v) is 3.18. The standard InChI is InChI=1S/C13H8N6O/c20-13-10(11-15-17-18-16-11)7-14-12-9-4-2-1-3-8(9)5-6-19(12)13/h1-7H,(H,15,16,17,18). The lowest BCUT2D eigenvalue weighted by Crippen LogP contribution is -2.17. The fourth-order valence-electron chi connectivity index (χ4n) is 2.24. The van der Waals surface area contributed by atoms with Crippen LogP contribution in [0, 0.1) is 0 Å². The van der Waals surface area contributed by atoms with E-state index in [9.17, 15) is 4.79 Å². The summed E-state index contributed by atoms with van der Waals surface area (Å²) in [5.41, 5.74) is 0.703. The van der Waals surface area contributed by atoms with Gasteiger partial charge in [-0.3, -0.25) is 9.20 Å². The first-order valence-corrected chi connectivity index (χ1v) is 5.97. The predicted octanol–water partition coefficient (Wildman–Crippen LogP) is 1.03. The van der Waals surface area contributed by atoms with Gasteiger partial charge in [0.05, 0.1) is 0 Å². The van der Waals surface area contributed by atoms with E-state index in [0.717, 1.165) is 10.8 Å². The SMILES string of the molecule is O=c1c(-c2nn[nH]n2)cnc2c3ccccc3ccn12. The molecule has 4 rings (SSSR count). The number of nitrogens with one attached hydrogen (secondary N) is 1. The molecule has 4 aromatic rings. The number of tetrazole rings is 1. The highest BCUT2D eigenvalue weighted by Gasteiger charge is 2.12. The Kier molecular flexibility index (Phi) is 2.13. The van der Waals surface area contributed by atoms with Gasteiger partial charge < -0.3 is 0 Å². The van der Waals surface area contributed by atoms with Crippen molar-refractivity contribution < 1.29 is 0 Å². The molecule has 0 saturated carbocycles. The molecular weight excluding hydrogens is 256 g/mol. The number of H-pyrrole nitrogens is 1. The van der Waals surface area contributed by atoms with Crippen LogP contribution < -0.4 is 5.56 Å². The number of hydrogen-bond donors (Lipinski definition) is 1. The molecule has 0 aliphatic heterocycles. The molecule has 0 aliphatic rings. The monoisotopic (exact) mass is 264 g/mol. The van der Waals surface area contributed by atoms with Gasteiger partial charge in [-0.15, -0.1) is 10.2 Å². The number of rotatable bonds is 1. The number of benzene rings is 1. The summed E-state index contributed by atoms with van der Waals surface area (Å²) in [5.74, 6) is 0.241. The zero-order valence-electron chi connectivity index (χ0n) is 10.2. The van der Waals surface area contributed by atoms with E-state index < -0.39 is 0 Å². The Morgan fingerprint density at radius 1 is 1.15 bits per heavy atom. The molecule has 0 bridgehead atoms. The third-order valence-electron chi connectivity index (χ3n) is 3.18. The predicted molar refractivity (Wildman–Crippen MR) is 72.1 cm³/mol. The number of nitrogens with zero attached hydrogens (tertiary/aromatic N) is 5. The van der Waals surface area contributed by atoms with Gasteiger partial charge in [0, 0.05) is 17.8 Å². The second kappa shape index (κ2) is 3.95. The smallest absolute Gasteiger partial charge is 0.268 e. The van der Waals surface area contributed by atoms with Crippen LogP contribution >= 0.6 is 0 Å². The van der Waals surface area contributed by atoms with Crippen molar-refractivity contribution in [1.29, 1.82) is 0 Å². The van der Waals surface area contributed by atoms with Crippen LogP contribution in [0.3, 0.4) is 0 Å². The van der Waals surface area contributed by atoms with E-state index in [1.165, 1.54) is 10.6 Å². The van der Waals surface area contributed by atoms with Crippen LogP contribution in [-0.2, 0) is 0 Å². The molecule has 0 atom stereocenters. The zero-order chi connectivity index (χ0) is 13.5. The fourth-order valence-corrected chi connectivity index (χ4v) is 2.24.